The minimum absolute atomic E-state index is 0.0127. The summed E-state index contributed by atoms with van der Waals surface area (Å²) in [5.41, 5.74) is 0.430. The highest BCUT2D eigenvalue weighted by Crippen LogP contribution is 2.25. The summed E-state index contributed by atoms with van der Waals surface area (Å²) in [6.45, 7) is 1.55. The summed E-state index contributed by atoms with van der Waals surface area (Å²) in [6.07, 6.45) is -0.175. The Labute approximate surface area is 85.2 Å². The zero-order chi connectivity index (χ0) is 10.9. The number of hydrogen-bond donors (Lipinski definition) is 2. The first-order valence-corrected chi connectivity index (χ1v) is 6.06. The maximum atomic E-state index is 11.0. The highest BCUT2D eigenvalue weighted by atomic mass is 32.2. The van der Waals surface area contributed by atoms with E-state index in [1.807, 2.05) is 0 Å². The van der Waals surface area contributed by atoms with Crippen molar-refractivity contribution in [3.8, 4) is 0 Å². The summed E-state index contributed by atoms with van der Waals surface area (Å²) >= 11 is 1.09. The molecule has 14 heavy (non-hydrogen) atoms. The summed E-state index contributed by atoms with van der Waals surface area (Å²) in [4.78, 5) is 10.9. The van der Waals surface area contributed by atoms with Crippen molar-refractivity contribution in [1.82, 2.24) is 0 Å². The number of carboxylic acid groups (broad SMARTS) is 1. The van der Waals surface area contributed by atoms with Crippen molar-refractivity contribution in [3.05, 3.63) is 15.8 Å². The van der Waals surface area contributed by atoms with Gasteiger partial charge in [0.15, 0.2) is 0 Å². The van der Waals surface area contributed by atoms with Crippen LogP contribution < -0.4 is 5.14 Å². The van der Waals surface area contributed by atoms with Crippen LogP contribution in [-0.4, -0.2) is 19.5 Å². The minimum Gasteiger partial charge on any atom is -0.481 e. The van der Waals surface area contributed by atoms with Gasteiger partial charge in [-0.1, -0.05) is 0 Å². The van der Waals surface area contributed by atoms with Crippen LogP contribution in [0.4, 0.5) is 0 Å². The number of sulfonamides is 1. The Balaban J connectivity index is 3.16. The molecule has 1 heterocycles. The predicted octanol–water partition coefficient (Wildman–Crippen LogP) is 0.331. The van der Waals surface area contributed by atoms with Gasteiger partial charge in [0.2, 0.25) is 10.0 Å². The van der Waals surface area contributed by atoms with Crippen molar-refractivity contribution in [2.24, 2.45) is 5.14 Å². The molecule has 1 rings (SSSR count). The molecule has 0 amide bonds. The van der Waals surface area contributed by atoms with Gasteiger partial charge >= 0.3 is 5.97 Å². The molecule has 0 aliphatic carbocycles. The molecule has 0 aliphatic heterocycles. The number of thiophene rings is 1. The van der Waals surface area contributed by atoms with Gasteiger partial charge in [-0.2, -0.15) is 0 Å². The van der Waals surface area contributed by atoms with Crippen molar-refractivity contribution >= 4 is 27.3 Å². The van der Waals surface area contributed by atoms with Crippen LogP contribution >= 0.6 is 11.3 Å². The molecule has 0 fully saturated rings. The fourth-order valence-corrected chi connectivity index (χ4v) is 3.25. The fraction of sp³-hybridized carbons (Fsp3) is 0.286. The van der Waals surface area contributed by atoms with Gasteiger partial charge in [-0.3, -0.25) is 4.79 Å². The van der Waals surface area contributed by atoms with Crippen molar-refractivity contribution in [2.45, 2.75) is 18.2 Å². The van der Waals surface area contributed by atoms with E-state index < -0.39 is 16.0 Å². The maximum absolute atomic E-state index is 11.0. The van der Waals surface area contributed by atoms with E-state index in [-0.39, 0.29) is 11.3 Å². The average Bonchev–Trinajstić information content (AvgIpc) is 2.30. The van der Waals surface area contributed by atoms with Crippen LogP contribution in [0.2, 0.25) is 0 Å². The third-order valence-corrected chi connectivity index (χ3v) is 3.99. The Hall–Kier alpha value is -0.920. The van der Waals surface area contributed by atoms with E-state index in [2.05, 4.69) is 0 Å². The number of rotatable bonds is 3. The van der Waals surface area contributed by atoms with E-state index in [0.717, 1.165) is 11.3 Å². The van der Waals surface area contributed by atoms with Crippen molar-refractivity contribution in [3.63, 3.8) is 0 Å². The number of primary sulfonamides is 1. The summed E-state index contributed by atoms with van der Waals surface area (Å²) in [6, 6.07) is 0. The minimum atomic E-state index is -3.73. The molecule has 1 aromatic rings. The Bertz CT molecular complexity index is 460. The van der Waals surface area contributed by atoms with Crippen LogP contribution in [-0.2, 0) is 21.2 Å². The molecule has 1 aromatic heterocycles. The molecular weight excluding hydrogens is 226 g/mol. The van der Waals surface area contributed by atoms with Gasteiger partial charge < -0.3 is 5.11 Å². The lowest BCUT2D eigenvalue weighted by Gasteiger charge is -1.97. The number of aliphatic carboxylic acids is 1. The van der Waals surface area contributed by atoms with Gasteiger partial charge in [0.25, 0.3) is 0 Å². The topological polar surface area (TPSA) is 97.5 Å². The molecule has 0 radical (unpaired) electrons. The molecule has 0 saturated carbocycles. The third kappa shape index (κ3) is 2.31. The van der Waals surface area contributed by atoms with Crippen LogP contribution in [0, 0.1) is 6.92 Å². The Morgan fingerprint density at radius 3 is 2.57 bits per heavy atom. The fourth-order valence-electron chi connectivity index (χ4n) is 1.03. The molecule has 0 unspecified atom stereocenters. The van der Waals surface area contributed by atoms with Gasteiger partial charge in [0.1, 0.15) is 0 Å². The zero-order valence-corrected chi connectivity index (χ0v) is 8.98. The molecule has 5 nitrogen and oxygen atoms in total. The molecule has 7 heteroatoms. The quantitative estimate of drug-likeness (QED) is 0.788. The monoisotopic (exact) mass is 235 g/mol. The van der Waals surface area contributed by atoms with Gasteiger partial charge in [-0.25, -0.2) is 13.6 Å². The molecule has 0 aliphatic rings. The van der Waals surface area contributed by atoms with E-state index in [9.17, 15) is 13.2 Å². The van der Waals surface area contributed by atoms with Crippen LogP contribution in [0.25, 0.3) is 0 Å². The van der Waals surface area contributed by atoms with E-state index in [1.165, 1.54) is 5.38 Å². The molecule has 78 valence electrons. The van der Waals surface area contributed by atoms with Gasteiger partial charge in [-0.05, 0) is 12.5 Å². The average molecular weight is 235 g/mol. The summed E-state index contributed by atoms with van der Waals surface area (Å²) in [5, 5.41) is 14.8. The molecule has 0 spiro atoms. The second kappa shape index (κ2) is 3.68. The second-order valence-corrected chi connectivity index (χ2v) is 5.26. The van der Waals surface area contributed by atoms with Crippen molar-refractivity contribution < 1.29 is 18.3 Å². The van der Waals surface area contributed by atoms with Crippen LogP contribution in [0.5, 0.6) is 0 Å². The maximum Gasteiger partial charge on any atom is 0.308 e. The summed E-state index contributed by atoms with van der Waals surface area (Å²) in [5.74, 6) is -0.990. The lowest BCUT2D eigenvalue weighted by molar-refractivity contribution is -0.136. The molecule has 0 bridgehead atoms. The first-order chi connectivity index (χ1) is 6.32. The van der Waals surface area contributed by atoms with E-state index in [0.29, 0.717) is 10.4 Å². The molecule has 0 aromatic carbocycles. The van der Waals surface area contributed by atoms with Gasteiger partial charge in [0, 0.05) is 10.3 Å². The standard InChI is InChI=1S/C7H9NO4S2/c1-4-5(2-7(9)10)13-3-6(4)14(8,11)12/h3H,2H2,1H3,(H,9,10)(H2,8,11,12). The highest BCUT2D eigenvalue weighted by molar-refractivity contribution is 7.89. The normalized spacial score (nSPS) is 11.6. The number of nitrogens with two attached hydrogens (primary N) is 1. The molecule has 0 atom stereocenters. The summed E-state index contributed by atoms with van der Waals surface area (Å²) in [7, 11) is -3.73. The van der Waals surface area contributed by atoms with Crippen LogP contribution in [0.1, 0.15) is 10.4 Å². The second-order valence-electron chi connectivity index (χ2n) is 2.76. The molecule has 0 saturated heterocycles. The number of carbonyl (C=O) groups is 1. The van der Waals surface area contributed by atoms with E-state index >= 15 is 0 Å². The largest absolute Gasteiger partial charge is 0.481 e. The Morgan fingerprint density at radius 1 is 1.64 bits per heavy atom. The first kappa shape index (κ1) is 11.2. The van der Waals surface area contributed by atoms with E-state index in [4.69, 9.17) is 10.2 Å². The lowest BCUT2D eigenvalue weighted by Crippen LogP contribution is -2.12. The molecule has 3 N–H and O–H groups in total. The number of carboxylic acids is 1. The van der Waals surface area contributed by atoms with Crippen molar-refractivity contribution in [1.29, 1.82) is 0 Å². The summed E-state index contributed by atoms with van der Waals surface area (Å²) < 4.78 is 22.0. The van der Waals surface area contributed by atoms with Crippen LogP contribution in [0.3, 0.4) is 0 Å². The Kier molecular flexibility index (Phi) is 2.93. The van der Waals surface area contributed by atoms with Crippen molar-refractivity contribution in [2.75, 3.05) is 0 Å². The number of hydrogen-bond acceptors (Lipinski definition) is 4. The van der Waals surface area contributed by atoms with E-state index in [1.54, 1.807) is 6.92 Å². The van der Waals surface area contributed by atoms with Gasteiger partial charge in [-0.15, -0.1) is 11.3 Å². The first-order valence-electron chi connectivity index (χ1n) is 3.64. The zero-order valence-electron chi connectivity index (χ0n) is 7.35. The molecular formula is C7H9NO4S2. The SMILES string of the molecule is Cc1c(S(N)(=O)=O)csc1CC(=O)O. The smallest absolute Gasteiger partial charge is 0.308 e. The third-order valence-electron chi connectivity index (χ3n) is 1.71. The Morgan fingerprint density at radius 2 is 2.21 bits per heavy atom. The lowest BCUT2D eigenvalue weighted by atomic mass is 10.2. The predicted molar refractivity (Wildman–Crippen MR) is 51.8 cm³/mol. The highest BCUT2D eigenvalue weighted by Gasteiger charge is 2.17. The van der Waals surface area contributed by atoms with Crippen LogP contribution in [0.15, 0.2) is 10.3 Å². The van der Waals surface area contributed by atoms with Gasteiger partial charge in [0.05, 0.1) is 11.3 Å².